The van der Waals surface area contributed by atoms with Crippen molar-refractivity contribution < 1.29 is 5.11 Å². The third-order valence-corrected chi connectivity index (χ3v) is 4.63. The molecule has 2 aromatic carbocycles. The van der Waals surface area contributed by atoms with Crippen LogP contribution in [-0.4, -0.2) is 11.1 Å². The number of hydrogen-bond acceptors (Lipinski definition) is 2. The Morgan fingerprint density at radius 3 is 2.85 bits per heavy atom. The van der Waals surface area contributed by atoms with Crippen LogP contribution in [-0.2, 0) is 6.42 Å². The minimum Gasteiger partial charge on any atom is -0.386 e. The summed E-state index contributed by atoms with van der Waals surface area (Å²) in [5.74, 6) is 0. The van der Waals surface area contributed by atoms with Gasteiger partial charge in [0.25, 0.3) is 0 Å². The highest BCUT2D eigenvalue weighted by Crippen LogP contribution is 2.33. The summed E-state index contributed by atoms with van der Waals surface area (Å²) in [5.41, 5.74) is 4.62. The molecule has 1 aliphatic rings. The zero-order valence-electron chi connectivity index (χ0n) is 11.4. The minimum atomic E-state index is -0.502. The molecule has 2 N–H and O–H groups in total. The van der Waals surface area contributed by atoms with Gasteiger partial charge in [-0.1, -0.05) is 46.3 Å². The molecule has 3 heteroatoms. The van der Waals surface area contributed by atoms with Crippen LogP contribution in [0.25, 0.3) is 0 Å². The number of fused-ring (bicyclic) bond motifs is 1. The van der Waals surface area contributed by atoms with Crippen LogP contribution in [0.1, 0.15) is 29.2 Å². The van der Waals surface area contributed by atoms with Gasteiger partial charge in [-0.05, 0) is 48.6 Å². The number of aryl methyl sites for hydroxylation is 2. The predicted octanol–water partition coefficient (Wildman–Crippen LogP) is 4.22. The Kier molecular flexibility index (Phi) is 3.81. The Morgan fingerprint density at radius 2 is 2.05 bits per heavy atom. The van der Waals surface area contributed by atoms with E-state index in [4.69, 9.17) is 0 Å². The molecule has 1 heterocycles. The van der Waals surface area contributed by atoms with E-state index in [1.54, 1.807) is 0 Å². The lowest BCUT2D eigenvalue weighted by molar-refractivity contribution is 0.148. The van der Waals surface area contributed by atoms with Gasteiger partial charge in [-0.15, -0.1) is 0 Å². The SMILES string of the molecule is Cc1ccc(C(O)C2CCc3ccccc3N2)c(Br)c1. The Morgan fingerprint density at radius 1 is 1.25 bits per heavy atom. The number of halogens is 1. The summed E-state index contributed by atoms with van der Waals surface area (Å²) in [6, 6.07) is 14.5. The standard InChI is InChI=1S/C17H18BrNO/c1-11-6-8-13(14(18)10-11)17(20)16-9-7-12-4-2-3-5-15(12)19-16/h2-6,8,10,16-17,19-20H,7,9H2,1H3. The van der Waals surface area contributed by atoms with Crippen LogP contribution in [0.4, 0.5) is 5.69 Å². The third kappa shape index (κ3) is 2.60. The van der Waals surface area contributed by atoms with E-state index < -0.39 is 6.10 Å². The van der Waals surface area contributed by atoms with Gasteiger partial charge in [-0.2, -0.15) is 0 Å². The van der Waals surface area contributed by atoms with Crippen LogP contribution in [0, 0.1) is 6.92 Å². The van der Waals surface area contributed by atoms with Crippen LogP contribution in [0.2, 0.25) is 0 Å². The van der Waals surface area contributed by atoms with E-state index in [0.717, 1.165) is 28.6 Å². The monoisotopic (exact) mass is 331 g/mol. The van der Waals surface area contributed by atoms with Crippen molar-refractivity contribution in [2.75, 3.05) is 5.32 Å². The van der Waals surface area contributed by atoms with Gasteiger partial charge in [-0.3, -0.25) is 0 Å². The van der Waals surface area contributed by atoms with Crippen LogP contribution in [0.15, 0.2) is 46.9 Å². The quantitative estimate of drug-likeness (QED) is 0.863. The number of benzene rings is 2. The molecule has 20 heavy (non-hydrogen) atoms. The third-order valence-electron chi connectivity index (χ3n) is 3.94. The topological polar surface area (TPSA) is 32.3 Å². The van der Waals surface area contributed by atoms with E-state index in [9.17, 15) is 5.11 Å². The maximum absolute atomic E-state index is 10.7. The van der Waals surface area contributed by atoms with Crippen LogP contribution >= 0.6 is 15.9 Å². The molecule has 2 aromatic rings. The van der Waals surface area contributed by atoms with E-state index in [0.29, 0.717) is 0 Å². The molecule has 0 radical (unpaired) electrons. The lowest BCUT2D eigenvalue weighted by Crippen LogP contribution is -2.31. The number of para-hydroxylation sites is 1. The first-order valence-electron chi connectivity index (χ1n) is 6.94. The second-order valence-corrected chi connectivity index (χ2v) is 6.27. The van der Waals surface area contributed by atoms with Crippen molar-refractivity contribution in [3.05, 3.63) is 63.6 Å². The number of anilines is 1. The van der Waals surface area contributed by atoms with E-state index >= 15 is 0 Å². The van der Waals surface area contributed by atoms with Crippen molar-refractivity contribution in [2.45, 2.75) is 31.9 Å². The molecule has 0 aliphatic carbocycles. The van der Waals surface area contributed by atoms with Crippen LogP contribution in [0.5, 0.6) is 0 Å². The summed E-state index contributed by atoms with van der Waals surface area (Å²) in [6.45, 7) is 2.05. The smallest absolute Gasteiger partial charge is 0.100 e. The van der Waals surface area contributed by atoms with Crippen molar-refractivity contribution in [3.8, 4) is 0 Å². The van der Waals surface area contributed by atoms with Crippen LogP contribution in [0.3, 0.4) is 0 Å². The molecule has 2 atom stereocenters. The second-order valence-electron chi connectivity index (χ2n) is 5.42. The van der Waals surface area contributed by atoms with Gasteiger partial charge in [0.1, 0.15) is 6.10 Å². The average molecular weight is 332 g/mol. The molecule has 0 fully saturated rings. The summed E-state index contributed by atoms with van der Waals surface area (Å²) in [5, 5.41) is 14.1. The molecule has 104 valence electrons. The van der Waals surface area contributed by atoms with E-state index in [-0.39, 0.29) is 6.04 Å². The fourth-order valence-electron chi connectivity index (χ4n) is 2.79. The van der Waals surface area contributed by atoms with Crippen molar-refractivity contribution in [1.29, 1.82) is 0 Å². The number of hydrogen-bond donors (Lipinski definition) is 2. The van der Waals surface area contributed by atoms with Gasteiger partial charge in [0.2, 0.25) is 0 Å². The Balaban J connectivity index is 1.84. The first kappa shape index (κ1) is 13.7. The zero-order valence-corrected chi connectivity index (χ0v) is 13.0. The maximum atomic E-state index is 10.7. The largest absolute Gasteiger partial charge is 0.386 e. The second kappa shape index (κ2) is 5.58. The van der Waals surface area contributed by atoms with Gasteiger partial charge in [0.15, 0.2) is 0 Å². The van der Waals surface area contributed by atoms with Crippen molar-refractivity contribution in [1.82, 2.24) is 0 Å². The van der Waals surface area contributed by atoms with Crippen LogP contribution < -0.4 is 5.32 Å². The van der Waals surface area contributed by atoms with Crippen molar-refractivity contribution in [2.24, 2.45) is 0 Å². The summed E-state index contributed by atoms with van der Waals surface area (Å²) < 4.78 is 0.977. The molecular weight excluding hydrogens is 314 g/mol. The minimum absolute atomic E-state index is 0.0592. The fraction of sp³-hybridized carbons (Fsp3) is 0.294. The highest BCUT2D eigenvalue weighted by atomic mass is 79.9. The summed E-state index contributed by atoms with van der Waals surface area (Å²) in [4.78, 5) is 0. The molecule has 2 nitrogen and oxygen atoms in total. The predicted molar refractivity (Wildman–Crippen MR) is 86.0 cm³/mol. The molecule has 2 unspecified atom stereocenters. The van der Waals surface area contributed by atoms with Crippen molar-refractivity contribution >= 4 is 21.6 Å². The Hall–Kier alpha value is -1.32. The first-order valence-corrected chi connectivity index (χ1v) is 7.73. The van der Waals surface area contributed by atoms with Gasteiger partial charge in [-0.25, -0.2) is 0 Å². The maximum Gasteiger partial charge on any atom is 0.100 e. The Labute approximate surface area is 128 Å². The molecular formula is C17H18BrNO. The summed E-state index contributed by atoms with van der Waals surface area (Å²) in [7, 11) is 0. The molecule has 3 rings (SSSR count). The Bertz CT molecular complexity index is 626. The lowest BCUT2D eigenvalue weighted by atomic mass is 9.91. The normalized spacial score (nSPS) is 19.1. The van der Waals surface area contributed by atoms with E-state index in [1.165, 1.54) is 11.1 Å². The van der Waals surface area contributed by atoms with Crippen molar-refractivity contribution in [3.63, 3.8) is 0 Å². The molecule has 0 saturated heterocycles. The van der Waals surface area contributed by atoms with Gasteiger partial charge in [0.05, 0.1) is 6.04 Å². The first-order chi connectivity index (χ1) is 9.65. The zero-order chi connectivity index (χ0) is 14.1. The highest BCUT2D eigenvalue weighted by Gasteiger charge is 2.26. The number of rotatable bonds is 2. The number of nitrogens with one attached hydrogen (secondary N) is 1. The summed E-state index contributed by atoms with van der Waals surface area (Å²) in [6.07, 6.45) is 1.45. The molecule has 0 amide bonds. The number of aliphatic hydroxyl groups excluding tert-OH is 1. The van der Waals surface area contributed by atoms with Gasteiger partial charge >= 0.3 is 0 Å². The molecule has 0 aromatic heterocycles. The van der Waals surface area contributed by atoms with E-state index in [2.05, 4.69) is 52.4 Å². The van der Waals surface area contributed by atoms with E-state index in [1.807, 2.05) is 18.2 Å². The van der Waals surface area contributed by atoms with Gasteiger partial charge in [0, 0.05) is 10.2 Å². The molecule has 1 aliphatic heterocycles. The lowest BCUT2D eigenvalue weighted by Gasteiger charge is -2.31. The summed E-state index contributed by atoms with van der Waals surface area (Å²) >= 11 is 3.56. The highest BCUT2D eigenvalue weighted by molar-refractivity contribution is 9.10. The average Bonchev–Trinajstić information content (AvgIpc) is 2.46. The number of aliphatic hydroxyl groups is 1. The molecule has 0 saturated carbocycles. The fourth-order valence-corrected chi connectivity index (χ4v) is 3.52. The molecule has 0 spiro atoms. The molecule has 0 bridgehead atoms. The van der Waals surface area contributed by atoms with Gasteiger partial charge < -0.3 is 10.4 Å².